The minimum Gasteiger partial charge on any atom is -0.460 e. The quantitative estimate of drug-likeness (QED) is 0.418. The van der Waals surface area contributed by atoms with Gasteiger partial charge in [0.1, 0.15) is 5.60 Å². The van der Waals surface area contributed by atoms with Gasteiger partial charge in [-0.05, 0) is 40.7 Å². The number of esters is 1. The third-order valence-electron chi connectivity index (χ3n) is 1.65. The van der Waals surface area contributed by atoms with E-state index in [-0.39, 0.29) is 11.6 Å². The number of carbonyl (C=O) groups excluding carboxylic acids is 1. The van der Waals surface area contributed by atoms with Gasteiger partial charge in [0, 0.05) is 6.54 Å². The fraction of sp³-hybridized carbons (Fsp3) is 0.750. The molecule has 0 bridgehead atoms. The van der Waals surface area contributed by atoms with Crippen molar-refractivity contribution in [2.45, 2.75) is 46.1 Å². The number of hydrogen-bond acceptors (Lipinski definition) is 3. The van der Waals surface area contributed by atoms with Crippen molar-refractivity contribution < 1.29 is 9.53 Å². The molecule has 0 aliphatic heterocycles. The molecule has 0 saturated carbocycles. The summed E-state index contributed by atoms with van der Waals surface area (Å²) in [6, 6.07) is 0. The Morgan fingerprint density at radius 3 is 2.53 bits per heavy atom. The molecule has 0 aromatic carbocycles. The van der Waals surface area contributed by atoms with E-state index in [1.165, 1.54) is 0 Å². The van der Waals surface area contributed by atoms with Crippen molar-refractivity contribution in [3.63, 3.8) is 0 Å². The average molecular weight is 213 g/mol. The zero-order valence-corrected chi connectivity index (χ0v) is 10.3. The van der Waals surface area contributed by atoms with Crippen LogP contribution in [0.15, 0.2) is 12.2 Å². The molecule has 88 valence electrons. The summed E-state index contributed by atoms with van der Waals surface area (Å²) >= 11 is 0. The normalized spacial score (nSPS) is 12.0. The zero-order chi connectivity index (χ0) is 11.7. The third kappa shape index (κ3) is 11.1. The first-order chi connectivity index (χ1) is 6.95. The summed E-state index contributed by atoms with van der Waals surface area (Å²) in [6.45, 7) is 9.24. The van der Waals surface area contributed by atoms with Gasteiger partial charge < -0.3 is 10.1 Å². The smallest absolute Gasteiger partial charge is 0.307 e. The number of rotatable bonds is 6. The number of allylic oxidation sites excluding steroid dienone is 1. The minimum atomic E-state index is -0.373. The molecule has 0 heterocycles. The topological polar surface area (TPSA) is 38.3 Å². The van der Waals surface area contributed by atoms with E-state index in [0.717, 1.165) is 13.0 Å². The standard InChI is InChI=1S/C12H23NO2/c1-5-6-7-9-13-10-8-11(14)15-12(2,3)4/h5-6,13H,7-10H2,1-4H3/b6-5+. The third-order valence-corrected chi connectivity index (χ3v) is 1.65. The van der Waals surface area contributed by atoms with E-state index in [1.54, 1.807) is 0 Å². The van der Waals surface area contributed by atoms with Crippen molar-refractivity contribution in [2.24, 2.45) is 0 Å². The largest absolute Gasteiger partial charge is 0.460 e. The summed E-state index contributed by atoms with van der Waals surface area (Å²) < 4.78 is 5.17. The van der Waals surface area contributed by atoms with Gasteiger partial charge in [-0.1, -0.05) is 12.2 Å². The first-order valence-corrected chi connectivity index (χ1v) is 5.49. The van der Waals surface area contributed by atoms with E-state index in [2.05, 4.69) is 11.4 Å². The van der Waals surface area contributed by atoms with Crippen LogP contribution in [-0.4, -0.2) is 24.7 Å². The van der Waals surface area contributed by atoms with E-state index in [9.17, 15) is 4.79 Å². The molecular formula is C12H23NO2. The van der Waals surface area contributed by atoms with Crippen LogP contribution in [0, 0.1) is 0 Å². The van der Waals surface area contributed by atoms with Gasteiger partial charge in [-0.15, -0.1) is 0 Å². The lowest BCUT2D eigenvalue weighted by Gasteiger charge is -2.19. The molecule has 15 heavy (non-hydrogen) atoms. The van der Waals surface area contributed by atoms with Gasteiger partial charge >= 0.3 is 5.97 Å². The van der Waals surface area contributed by atoms with E-state index < -0.39 is 0 Å². The van der Waals surface area contributed by atoms with Crippen LogP contribution in [0.1, 0.15) is 40.5 Å². The number of hydrogen-bond donors (Lipinski definition) is 1. The molecule has 0 spiro atoms. The first kappa shape index (κ1) is 14.2. The zero-order valence-electron chi connectivity index (χ0n) is 10.3. The molecule has 0 aromatic heterocycles. The maximum atomic E-state index is 11.3. The Morgan fingerprint density at radius 2 is 2.00 bits per heavy atom. The molecule has 0 aromatic rings. The van der Waals surface area contributed by atoms with E-state index >= 15 is 0 Å². The van der Waals surface area contributed by atoms with Crippen LogP contribution in [-0.2, 0) is 9.53 Å². The lowest BCUT2D eigenvalue weighted by Crippen LogP contribution is -2.27. The summed E-state index contributed by atoms with van der Waals surface area (Å²) in [5, 5.41) is 3.18. The highest BCUT2D eigenvalue weighted by molar-refractivity contribution is 5.70. The molecule has 1 N–H and O–H groups in total. The number of carbonyl (C=O) groups is 1. The van der Waals surface area contributed by atoms with Crippen molar-refractivity contribution >= 4 is 5.97 Å². The van der Waals surface area contributed by atoms with Crippen molar-refractivity contribution in [1.82, 2.24) is 5.32 Å². The summed E-state index contributed by atoms with van der Waals surface area (Å²) in [4.78, 5) is 11.3. The monoisotopic (exact) mass is 213 g/mol. The Kier molecular flexibility index (Phi) is 7.05. The van der Waals surface area contributed by atoms with Gasteiger partial charge in [0.15, 0.2) is 0 Å². The second-order valence-corrected chi connectivity index (χ2v) is 4.44. The summed E-state index contributed by atoms with van der Waals surface area (Å²) in [5.41, 5.74) is -0.373. The Labute approximate surface area is 92.9 Å². The molecule has 0 atom stereocenters. The Hall–Kier alpha value is -0.830. The van der Waals surface area contributed by atoms with Gasteiger partial charge in [0.2, 0.25) is 0 Å². The maximum absolute atomic E-state index is 11.3. The molecule has 0 unspecified atom stereocenters. The highest BCUT2D eigenvalue weighted by atomic mass is 16.6. The molecule has 0 rings (SSSR count). The van der Waals surface area contributed by atoms with Crippen LogP contribution in [0.3, 0.4) is 0 Å². The Morgan fingerprint density at radius 1 is 1.33 bits per heavy atom. The molecule has 0 aliphatic carbocycles. The summed E-state index contributed by atoms with van der Waals surface area (Å²) in [5.74, 6) is -0.138. The van der Waals surface area contributed by atoms with Crippen molar-refractivity contribution in [2.75, 3.05) is 13.1 Å². The van der Waals surface area contributed by atoms with E-state index in [4.69, 9.17) is 4.74 Å². The predicted molar refractivity (Wildman–Crippen MR) is 62.8 cm³/mol. The van der Waals surface area contributed by atoms with Gasteiger partial charge in [-0.2, -0.15) is 0 Å². The fourth-order valence-corrected chi connectivity index (χ4v) is 1.06. The van der Waals surface area contributed by atoms with Crippen LogP contribution in [0.25, 0.3) is 0 Å². The minimum absolute atomic E-state index is 0.138. The molecule has 0 radical (unpaired) electrons. The van der Waals surface area contributed by atoms with Crippen molar-refractivity contribution in [3.8, 4) is 0 Å². The molecule has 0 saturated heterocycles. The summed E-state index contributed by atoms with van der Waals surface area (Å²) in [6.07, 6.45) is 5.56. The predicted octanol–water partition coefficient (Wildman–Crippen LogP) is 2.27. The van der Waals surface area contributed by atoms with Gasteiger partial charge in [0.25, 0.3) is 0 Å². The van der Waals surface area contributed by atoms with Crippen LogP contribution in [0.5, 0.6) is 0 Å². The number of ether oxygens (including phenoxy) is 1. The van der Waals surface area contributed by atoms with Gasteiger partial charge in [-0.3, -0.25) is 4.79 Å². The Bertz CT molecular complexity index is 204. The van der Waals surface area contributed by atoms with Crippen molar-refractivity contribution in [3.05, 3.63) is 12.2 Å². The fourth-order valence-electron chi connectivity index (χ4n) is 1.06. The van der Waals surface area contributed by atoms with E-state index in [0.29, 0.717) is 13.0 Å². The first-order valence-electron chi connectivity index (χ1n) is 5.49. The van der Waals surface area contributed by atoms with E-state index in [1.807, 2.05) is 33.8 Å². The molecular weight excluding hydrogens is 190 g/mol. The van der Waals surface area contributed by atoms with Gasteiger partial charge in [-0.25, -0.2) is 0 Å². The van der Waals surface area contributed by atoms with Crippen LogP contribution < -0.4 is 5.32 Å². The van der Waals surface area contributed by atoms with Crippen LogP contribution in [0.2, 0.25) is 0 Å². The molecule has 3 heteroatoms. The maximum Gasteiger partial charge on any atom is 0.307 e. The van der Waals surface area contributed by atoms with Crippen molar-refractivity contribution in [1.29, 1.82) is 0 Å². The molecule has 0 aliphatic rings. The lowest BCUT2D eigenvalue weighted by atomic mass is 10.2. The highest BCUT2D eigenvalue weighted by Gasteiger charge is 2.15. The Balaban J connectivity index is 3.40. The molecule has 0 fully saturated rings. The van der Waals surface area contributed by atoms with Crippen LogP contribution >= 0.6 is 0 Å². The highest BCUT2D eigenvalue weighted by Crippen LogP contribution is 2.07. The lowest BCUT2D eigenvalue weighted by molar-refractivity contribution is -0.154. The summed E-state index contributed by atoms with van der Waals surface area (Å²) in [7, 11) is 0. The second-order valence-electron chi connectivity index (χ2n) is 4.44. The van der Waals surface area contributed by atoms with Gasteiger partial charge in [0.05, 0.1) is 6.42 Å². The molecule has 0 amide bonds. The van der Waals surface area contributed by atoms with Crippen LogP contribution in [0.4, 0.5) is 0 Å². The SMILES string of the molecule is C/C=C/CCNCCC(=O)OC(C)(C)C. The average Bonchev–Trinajstić information content (AvgIpc) is 2.08. The second kappa shape index (κ2) is 7.46. The molecule has 3 nitrogen and oxygen atoms in total. The number of nitrogens with one attached hydrogen (secondary N) is 1.